The lowest BCUT2D eigenvalue weighted by atomic mass is 9.82. The summed E-state index contributed by atoms with van der Waals surface area (Å²) in [6.07, 6.45) is 8.06. The highest BCUT2D eigenvalue weighted by Crippen LogP contribution is 2.38. The van der Waals surface area contributed by atoms with Crippen LogP contribution in [0.3, 0.4) is 0 Å². The molecule has 3 aliphatic rings. The van der Waals surface area contributed by atoms with E-state index in [0.29, 0.717) is 6.42 Å². The van der Waals surface area contributed by atoms with Crippen LogP contribution in [-0.4, -0.2) is 177 Å². The van der Waals surface area contributed by atoms with Gasteiger partial charge in [0, 0.05) is 62.4 Å². The Labute approximate surface area is 422 Å². The van der Waals surface area contributed by atoms with E-state index in [1.54, 1.807) is 75.6 Å². The molecule has 404 valence electrons. The van der Waals surface area contributed by atoms with Crippen molar-refractivity contribution in [2.75, 3.05) is 6.54 Å². The van der Waals surface area contributed by atoms with Crippen LogP contribution in [0.25, 0.3) is 0 Å². The van der Waals surface area contributed by atoms with Crippen LogP contribution in [0.15, 0.2) is 97.6 Å². The van der Waals surface area contributed by atoms with Gasteiger partial charge >= 0.3 is 5.97 Å². The van der Waals surface area contributed by atoms with Crippen LogP contribution in [0, 0.1) is 17.8 Å². The molecule has 72 heavy (non-hydrogen) atoms. The number of aromatic amines is 1. The van der Waals surface area contributed by atoms with E-state index in [4.69, 9.17) is 24.7 Å². The Morgan fingerprint density at radius 3 is 2.00 bits per heavy atom. The van der Waals surface area contributed by atoms with Crippen molar-refractivity contribution >= 4 is 11.9 Å². The SMILES string of the molecule is C[C@@H]1[C@H](O)[C@@H](C)/C=C/C=C/C=C/C=C/C=C/C=C/C=C/[C@H](O[C@@H]2O[C@H](C)[C@@H](O)[C@H](N)[C@@H]2O)C[C@@H]2O[C@](O)(C[C@@H](O)C[C@@H](O)[C@H](O)CC[C@@H](O)C[C@@H](O)CC(=O)O[C@H]1C)C[C@H](O)[C@H]2C(=O)NCCc1cnc[nH]1. The highest BCUT2D eigenvalue weighted by atomic mass is 16.7. The molecule has 3 aliphatic heterocycles. The summed E-state index contributed by atoms with van der Waals surface area (Å²) in [7, 11) is 0. The van der Waals surface area contributed by atoms with Gasteiger partial charge in [-0.25, -0.2) is 4.98 Å². The Morgan fingerprint density at radius 2 is 1.38 bits per heavy atom. The Bertz CT molecular complexity index is 1980. The van der Waals surface area contributed by atoms with E-state index in [1.165, 1.54) is 6.33 Å². The first-order valence-electron chi connectivity index (χ1n) is 24.9. The molecule has 20 nitrogen and oxygen atoms in total. The number of aromatic nitrogens is 2. The van der Waals surface area contributed by atoms with Crippen LogP contribution in [-0.2, 0) is 35.0 Å². The van der Waals surface area contributed by atoms with Crippen LogP contribution in [0.2, 0.25) is 0 Å². The molecule has 4 rings (SSSR count). The second-order valence-electron chi connectivity index (χ2n) is 19.3. The fourth-order valence-corrected chi connectivity index (χ4v) is 8.85. The van der Waals surface area contributed by atoms with Crippen molar-refractivity contribution in [1.29, 1.82) is 0 Å². The Kier molecular flexibility index (Phi) is 25.3. The number of aliphatic hydroxyl groups is 10. The van der Waals surface area contributed by atoms with E-state index in [-0.39, 0.29) is 38.1 Å². The van der Waals surface area contributed by atoms with Crippen molar-refractivity contribution in [3.63, 3.8) is 0 Å². The predicted molar refractivity (Wildman–Crippen MR) is 265 cm³/mol. The number of nitrogens with two attached hydrogens (primary N) is 1. The number of amides is 1. The molecule has 20 heteroatoms. The largest absolute Gasteiger partial charge is 0.462 e. The molecule has 2 bridgehead atoms. The summed E-state index contributed by atoms with van der Waals surface area (Å²) in [5.41, 5.74) is 6.86. The predicted octanol–water partition coefficient (Wildman–Crippen LogP) is 0.709. The maximum Gasteiger partial charge on any atom is 0.308 e. The van der Waals surface area contributed by atoms with E-state index in [0.717, 1.165) is 5.69 Å². The number of nitrogens with zero attached hydrogens (tertiary/aromatic N) is 1. The lowest BCUT2D eigenvalue weighted by Gasteiger charge is -2.46. The number of ether oxygens (including phenoxy) is 4. The summed E-state index contributed by atoms with van der Waals surface area (Å²) in [5.74, 6) is -5.65. The molecule has 1 aromatic rings. The molecule has 0 saturated carbocycles. The first-order valence-corrected chi connectivity index (χ1v) is 24.9. The summed E-state index contributed by atoms with van der Waals surface area (Å²) in [4.78, 5) is 33.5. The molecular weight excluding hydrogens is 937 g/mol. The number of hydrogen-bond donors (Lipinski definition) is 13. The number of rotatable bonds is 6. The third-order valence-electron chi connectivity index (χ3n) is 13.3. The third-order valence-corrected chi connectivity index (χ3v) is 13.3. The fraction of sp³-hybridized carbons (Fsp3) is 0.635. The van der Waals surface area contributed by atoms with Crippen LogP contribution < -0.4 is 11.1 Å². The standard InChI is InChI=1S/C52H80N4O16/c1-31-17-15-13-11-9-7-5-6-8-10-12-14-16-18-39(71-51-49(66)46(53)48(65)34(4)70-51)26-43-45(50(67)55-22-21-35-29-54-30-56-35)42(62)28-52(68,72-43)27-38(59)24-41(61)40(60)20-19-36(57)23-37(58)25-44(63)69-33(3)32(2)47(31)64/h5-18,29-34,36-43,45-49,51,57-62,64-66,68H,19-28,53H2,1-4H3,(H,54,56)(H,55,67)/b6-5+,9-7+,10-8+,13-11+,14-12+,17-15+,18-16+/t31-,32-,33-,34+,36+,37+,38-,39-,40+,41+,42-,43-,45+,46-,47+,48+,49-,51-,52+/m0/s1. The number of fused-ring (bicyclic) bond motifs is 2. The maximum atomic E-state index is 13.9. The molecular formula is C52H80N4O16. The molecule has 0 aromatic carbocycles. The van der Waals surface area contributed by atoms with Crippen molar-refractivity contribution in [3.8, 4) is 0 Å². The highest BCUT2D eigenvalue weighted by Gasteiger charge is 2.51. The first kappa shape index (κ1) is 60.3. The number of H-pyrrole nitrogens is 1. The van der Waals surface area contributed by atoms with Gasteiger partial charge in [-0.1, -0.05) is 98.9 Å². The van der Waals surface area contributed by atoms with Crippen molar-refractivity contribution < 1.29 is 79.6 Å². The minimum Gasteiger partial charge on any atom is -0.462 e. The molecule has 14 N–H and O–H groups in total. The summed E-state index contributed by atoms with van der Waals surface area (Å²) in [5, 5.41) is 113. The van der Waals surface area contributed by atoms with Crippen molar-refractivity contribution in [1.82, 2.24) is 15.3 Å². The van der Waals surface area contributed by atoms with Gasteiger partial charge in [-0.15, -0.1) is 0 Å². The zero-order valence-corrected chi connectivity index (χ0v) is 41.6. The van der Waals surface area contributed by atoms with E-state index in [2.05, 4.69) is 15.3 Å². The number of allylic oxidation sites excluding steroid dienone is 12. The molecule has 2 fully saturated rings. The number of carbonyl (C=O) groups excluding carboxylic acids is 2. The number of esters is 1. The molecule has 19 atom stereocenters. The average Bonchev–Trinajstić information content (AvgIpc) is 3.84. The van der Waals surface area contributed by atoms with Crippen molar-refractivity contribution in [2.24, 2.45) is 23.5 Å². The number of cyclic esters (lactones) is 1. The number of nitrogens with one attached hydrogen (secondary N) is 2. The van der Waals surface area contributed by atoms with Crippen LogP contribution in [0.4, 0.5) is 0 Å². The normalized spacial score (nSPS) is 42.2. The topological polar surface area (TPSA) is 340 Å². The first-order chi connectivity index (χ1) is 34.2. The van der Waals surface area contributed by atoms with Gasteiger partial charge in [-0.3, -0.25) is 9.59 Å². The Hall–Kier alpha value is -4.23. The van der Waals surface area contributed by atoms with Gasteiger partial charge in [0.25, 0.3) is 0 Å². The number of imidazole rings is 1. The molecule has 1 aromatic heterocycles. The Morgan fingerprint density at radius 1 is 0.750 bits per heavy atom. The number of hydrogen-bond acceptors (Lipinski definition) is 18. The smallest absolute Gasteiger partial charge is 0.308 e. The number of carbonyl (C=O) groups is 2. The lowest BCUT2D eigenvalue weighted by molar-refractivity contribution is -0.307. The van der Waals surface area contributed by atoms with Gasteiger partial charge in [-0.2, -0.15) is 0 Å². The number of aliphatic hydroxyl groups excluding tert-OH is 9. The van der Waals surface area contributed by atoms with Gasteiger partial charge in [0.05, 0.1) is 91.9 Å². The van der Waals surface area contributed by atoms with Crippen molar-refractivity contribution in [2.45, 2.75) is 183 Å². The summed E-state index contributed by atoms with van der Waals surface area (Å²) >= 11 is 0. The lowest BCUT2D eigenvalue weighted by Crippen LogP contribution is -2.62. The second kappa shape index (κ2) is 30.2. The zero-order chi connectivity index (χ0) is 53.0. The quantitative estimate of drug-likeness (QED) is 0.175. The Balaban J connectivity index is 1.60. The molecule has 0 unspecified atom stereocenters. The van der Waals surface area contributed by atoms with E-state index >= 15 is 0 Å². The monoisotopic (exact) mass is 1020 g/mol. The van der Waals surface area contributed by atoms with E-state index in [1.807, 2.05) is 43.4 Å². The van der Waals surface area contributed by atoms with E-state index < -0.39 is 147 Å². The van der Waals surface area contributed by atoms with Crippen LogP contribution in [0.1, 0.15) is 84.8 Å². The fourth-order valence-electron chi connectivity index (χ4n) is 8.85. The molecule has 2 saturated heterocycles. The summed E-state index contributed by atoms with van der Waals surface area (Å²) in [6.45, 7) is 6.94. The molecule has 4 heterocycles. The third kappa shape index (κ3) is 19.9. The van der Waals surface area contributed by atoms with Gasteiger partial charge in [0.2, 0.25) is 5.91 Å². The summed E-state index contributed by atoms with van der Waals surface area (Å²) in [6, 6.07) is -1.14. The van der Waals surface area contributed by atoms with Gasteiger partial charge in [0.15, 0.2) is 12.1 Å². The zero-order valence-electron chi connectivity index (χ0n) is 41.6. The van der Waals surface area contributed by atoms with Gasteiger partial charge < -0.3 is 86.0 Å². The van der Waals surface area contributed by atoms with E-state index in [9.17, 15) is 60.7 Å². The summed E-state index contributed by atoms with van der Waals surface area (Å²) < 4.78 is 23.8. The molecule has 0 spiro atoms. The highest BCUT2D eigenvalue weighted by molar-refractivity contribution is 5.80. The molecule has 0 aliphatic carbocycles. The minimum atomic E-state index is -2.28. The second-order valence-corrected chi connectivity index (χ2v) is 19.3. The van der Waals surface area contributed by atoms with Gasteiger partial charge in [0.1, 0.15) is 12.2 Å². The average molecular weight is 1020 g/mol. The van der Waals surface area contributed by atoms with Gasteiger partial charge in [-0.05, 0) is 33.1 Å². The maximum absolute atomic E-state index is 13.9. The molecule has 1 amide bonds. The minimum absolute atomic E-state index is 0.0984. The van der Waals surface area contributed by atoms with Crippen molar-refractivity contribution in [3.05, 3.63) is 103 Å². The van der Waals surface area contributed by atoms with Crippen LogP contribution >= 0.6 is 0 Å². The van der Waals surface area contributed by atoms with Crippen LogP contribution in [0.5, 0.6) is 0 Å². The molecule has 0 radical (unpaired) electrons.